The lowest BCUT2D eigenvalue weighted by Gasteiger charge is -2.11. The molecule has 0 atom stereocenters. The molecule has 0 saturated carbocycles. The summed E-state index contributed by atoms with van der Waals surface area (Å²) in [5.74, 6) is 0.667. The summed E-state index contributed by atoms with van der Waals surface area (Å²) in [5.41, 5.74) is 0.569. The zero-order chi connectivity index (χ0) is 14.6. The monoisotopic (exact) mass is 277 g/mol. The number of pyridine rings is 1. The molecule has 0 aliphatic heterocycles. The number of carbonyl (C=O) groups excluding carboxylic acids is 1. The van der Waals surface area contributed by atoms with Gasteiger partial charge in [0, 0.05) is 38.6 Å². The van der Waals surface area contributed by atoms with E-state index >= 15 is 0 Å². The van der Waals surface area contributed by atoms with Gasteiger partial charge in [-0.15, -0.1) is 0 Å². The van der Waals surface area contributed by atoms with E-state index in [4.69, 9.17) is 0 Å². The van der Waals surface area contributed by atoms with E-state index in [1.54, 1.807) is 24.5 Å². The van der Waals surface area contributed by atoms with Gasteiger partial charge in [-0.3, -0.25) is 14.8 Å². The number of hydrogen-bond donors (Lipinski definition) is 3. The van der Waals surface area contributed by atoms with Crippen LogP contribution in [-0.4, -0.2) is 43.0 Å². The second kappa shape index (κ2) is 9.77. The number of nitrogens with one attached hydrogen (secondary N) is 3. The molecule has 20 heavy (non-hydrogen) atoms. The molecule has 0 fully saturated rings. The molecule has 0 radical (unpaired) electrons. The van der Waals surface area contributed by atoms with Crippen LogP contribution in [0.2, 0.25) is 0 Å². The van der Waals surface area contributed by atoms with E-state index in [1.807, 2.05) is 6.92 Å². The summed E-state index contributed by atoms with van der Waals surface area (Å²) < 4.78 is 0. The van der Waals surface area contributed by atoms with Crippen LogP contribution in [0.3, 0.4) is 0 Å². The van der Waals surface area contributed by atoms with E-state index in [0.717, 1.165) is 25.5 Å². The molecule has 0 unspecified atom stereocenters. The van der Waals surface area contributed by atoms with Gasteiger partial charge in [-0.1, -0.05) is 6.92 Å². The van der Waals surface area contributed by atoms with Crippen molar-refractivity contribution < 1.29 is 4.79 Å². The molecule has 1 aromatic rings. The molecule has 6 nitrogen and oxygen atoms in total. The number of nitrogens with zero attached hydrogens (tertiary/aromatic N) is 2. The first-order valence-corrected chi connectivity index (χ1v) is 6.98. The molecule has 0 aliphatic carbocycles. The first kappa shape index (κ1) is 15.9. The van der Waals surface area contributed by atoms with Crippen molar-refractivity contribution in [3.63, 3.8) is 0 Å². The first-order valence-electron chi connectivity index (χ1n) is 6.98. The summed E-state index contributed by atoms with van der Waals surface area (Å²) in [4.78, 5) is 20.1. The summed E-state index contributed by atoms with van der Waals surface area (Å²) in [6.45, 7) is 6.87. The van der Waals surface area contributed by atoms with Crippen LogP contribution in [0, 0.1) is 0 Å². The molecule has 0 aromatic carbocycles. The van der Waals surface area contributed by atoms with Crippen molar-refractivity contribution in [2.75, 3.05) is 26.2 Å². The van der Waals surface area contributed by atoms with Crippen LogP contribution in [0.25, 0.3) is 0 Å². The van der Waals surface area contributed by atoms with Crippen molar-refractivity contribution >= 4 is 11.9 Å². The highest BCUT2D eigenvalue weighted by Gasteiger charge is 2.03. The summed E-state index contributed by atoms with van der Waals surface area (Å²) in [6.07, 6.45) is 4.20. The summed E-state index contributed by atoms with van der Waals surface area (Å²) in [5, 5.41) is 9.15. The Kier molecular flexibility index (Phi) is 7.79. The van der Waals surface area contributed by atoms with Crippen LogP contribution in [0.15, 0.2) is 29.5 Å². The smallest absolute Gasteiger partial charge is 0.252 e. The fourth-order valence-electron chi connectivity index (χ4n) is 1.52. The minimum atomic E-state index is -0.115. The highest BCUT2D eigenvalue weighted by Crippen LogP contribution is 1.94. The van der Waals surface area contributed by atoms with Gasteiger partial charge in [0.05, 0.1) is 5.56 Å². The van der Waals surface area contributed by atoms with Crippen LogP contribution in [0.1, 0.15) is 30.6 Å². The maximum atomic E-state index is 11.8. The average Bonchev–Trinajstić information content (AvgIpc) is 2.49. The predicted molar refractivity (Wildman–Crippen MR) is 80.8 cm³/mol. The summed E-state index contributed by atoms with van der Waals surface area (Å²) in [7, 11) is 0. The van der Waals surface area contributed by atoms with E-state index in [1.165, 1.54) is 0 Å². The van der Waals surface area contributed by atoms with Gasteiger partial charge in [-0.2, -0.15) is 0 Å². The molecule has 110 valence electrons. The molecule has 0 saturated heterocycles. The topological polar surface area (TPSA) is 78.4 Å². The minimum Gasteiger partial charge on any atom is -0.357 e. The molecule has 3 N–H and O–H groups in total. The number of hydrogen-bond acceptors (Lipinski definition) is 3. The second-order valence-electron chi connectivity index (χ2n) is 4.19. The summed E-state index contributed by atoms with van der Waals surface area (Å²) >= 11 is 0. The highest BCUT2D eigenvalue weighted by molar-refractivity contribution is 5.93. The van der Waals surface area contributed by atoms with Crippen LogP contribution in [-0.2, 0) is 0 Å². The molecule has 0 spiro atoms. The number of carbonyl (C=O) groups is 1. The number of rotatable bonds is 7. The fourth-order valence-corrected chi connectivity index (χ4v) is 1.52. The van der Waals surface area contributed by atoms with Crippen LogP contribution in [0.5, 0.6) is 0 Å². The Bertz CT molecular complexity index is 419. The van der Waals surface area contributed by atoms with Gasteiger partial charge in [0.25, 0.3) is 5.91 Å². The normalized spacial score (nSPS) is 11.0. The molecular formula is C14H23N5O. The summed E-state index contributed by atoms with van der Waals surface area (Å²) in [6, 6.07) is 3.48. The average molecular weight is 277 g/mol. The predicted octanol–water partition coefficient (Wildman–Crippen LogP) is 0.777. The van der Waals surface area contributed by atoms with Gasteiger partial charge in [-0.25, -0.2) is 0 Å². The Morgan fingerprint density at radius 1 is 1.25 bits per heavy atom. The quantitative estimate of drug-likeness (QED) is 0.391. The van der Waals surface area contributed by atoms with Crippen molar-refractivity contribution in [3.05, 3.63) is 30.1 Å². The Morgan fingerprint density at radius 3 is 2.70 bits per heavy atom. The van der Waals surface area contributed by atoms with E-state index in [0.29, 0.717) is 18.7 Å². The van der Waals surface area contributed by atoms with E-state index < -0.39 is 0 Å². The van der Waals surface area contributed by atoms with E-state index in [9.17, 15) is 4.79 Å². The van der Waals surface area contributed by atoms with E-state index in [2.05, 4.69) is 32.9 Å². The SMILES string of the molecule is CCCN=C(NCC)NCCNC(=O)c1cccnc1. The molecule has 0 bridgehead atoms. The van der Waals surface area contributed by atoms with Crippen LogP contribution >= 0.6 is 0 Å². The zero-order valence-electron chi connectivity index (χ0n) is 12.1. The lowest BCUT2D eigenvalue weighted by Crippen LogP contribution is -2.41. The van der Waals surface area contributed by atoms with Gasteiger partial charge < -0.3 is 16.0 Å². The molecule has 0 aliphatic rings. The van der Waals surface area contributed by atoms with Crippen molar-refractivity contribution in [2.24, 2.45) is 4.99 Å². The van der Waals surface area contributed by atoms with Gasteiger partial charge in [0.2, 0.25) is 0 Å². The Morgan fingerprint density at radius 2 is 2.05 bits per heavy atom. The van der Waals surface area contributed by atoms with Gasteiger partial charge >= 0.3 is 0 Å². The Hall–Kier alpha value is -2.11. The minimum absolute atomic E-state index is 0.115. The van der Waals surface area contributed by atoms with Crippen molar-refractivity contribution in [3.8, 4) is 0 Å². The zero-order valence-corrected chi connectivity index (χ0v) is 12.1. The lowest BCUT2D eigenvalue weighted by molar-refractivity contribution is 0.0954. The standard InChI is InChI=1S/C14H23N5O/c1-3-7-18-14(16-4-2)19-10-9-17-13(20)12-6-5-8-15-11-12/h5-6,8,11H,3-4,7,9-10H2,1-2H3,(H,17,20)(H2,16,18,19). The molecule has 1 rings (SSSR count). The van der Waals surface area contributed by atoms with Gasteiger partial charge in [-0.05, 0) is 25.5 Å². The van der Waals surface area contributed by atoms with Gasteiger partial charge in [0.15, 0.2) is 5.96 Å². The maximum absolute atomic E-state index is 11.8. The second-order valence-corrected chi connectivity index (χ2v) is 4.19. The molecule has 1 aromatic heterocycles. The van der Waals surface area contributed by atoms with Gasteiger partial charge in [0.1, 0.15) is 0 Å². The third-order valence-electron chi connectivity index (χ3n) is 2.46. The maximum Gasteiger partial charge on any atom is 0.252 e. The highest BCUT2D eigenvalue weighted by atomic mass is 16.1. The molecule has 1 amide bonds. The Balaban J connectivity index is 2.28. The third kappa shape index (κ3) is 6.17. The van der Waals surface area contributed by atoms with Crippen LogP contribution < -0.4 is 16.0 Å². The number of aliphatic imine (C=N–C) groups is 1. The number of guanidine groups is 1. The fraction of sp³-hybridized carbons (Fsp3) is 0.500. The van der Waals surface area contributed by atoms with Crippen molar-refractivity contribution in [2.45, 2.75) is 20.3 Å². The van der Waals surface area contributed by atoms with E-state index in [-0.39, 0.29) is 5.91 Å². The lowest BCUT2D eigenvalue weighted by atomic mass is 10.3. The molecular weight excluding hydrogens is 254 g/mol. The first-order chi connectivity index (χ1) is 9.77. The largest absolute Gasteiger partial charge is 0.357 e. The van der Waals surface area contributed by atoms with Crippen molar-refractivity contribution in [1.29, 1.82) is 0 Å². The number of amides is 1. The third-order valence-corrected chi connectivity index (χ3v) is 2.46. The molecule has 1 heterocycles. The van der Waals surface area contributed by atoms with Crippen LogP contribution in [0.4, 0.5) is 0 Å². The van der Waals surface area contributed by atoms with Crippen molar-refractivity contribution in [1.82, 2.24) is 20.9 Å². The molecule has 6 heteroatoms. The Labute approximate surface area is 120 Å². The number of aromatic nitrogens is 1.